The first kappa shape index (κ1) is 13.0. The first-order valence-electron chi connectivity index (χ1n) is 4.88. The van der Waals surface area contributed by atoms with Crippen molar-refractivity contribution >= 4 is 31.6 Å². The van der Waals surface area contributed by atoms with Crippen molar-refractivity contribution in [2.75, 3.05) is 5.73 Å². The molecule has 0 aliphatic carbocycles. The predicted molar refractivity (Wildman–Crippen MR) is 69.0 cm³/mol. The summed E-state index contributed by atoms with van der Waals surface area (Å²) in [5, 5.41) is 6.19. The average Bonchev–Trinajstić information content (AvgIpc) is 2.83. The summed E-state index contributed by atoms with van der Waals surface area (Å²) in [6.45, 7) is 0.0313. The molecule has 0 radical (unpaired) electrons. The van der Waals surface area contributed by atoms with Crippen molar-refractivity contribution < 1.29 is 8.42 Å². The summed E-state index contributed by atoms with van der Waals surface area (Å²) in [7, 11) is -3.65. The van der Waals surface area contributed by atoms with E-state index < -0.39 is 10.0 Å². The molecule has 1 aromatic heterocycles. The molecule has 0 atom stereocenters. The Morgan fingerprint density at radius 1 is 1.44 bits per heavy atom. The zero-order chi connectivity index (χ0) is 13.2. The smallest absolute Gasteiger partial charge is 0.242 e. The highest BCUT2D eigenvalue weighted by Crippen LogP contribution is 2.24. The molecule has 0 saturated heterocycles. The van der Waals surface area contributed by atoms with Gasteiger partial charge in [-0.15, -0.1) is 0 Å². The van der Waals surface area contributed by atoms with E-state index >= 15 is 0 Å². The summed E-state index contributed by atoms with van der Waals surface area (Å²) in [4.78, 5) is 3.91. The summed E-state index contributed by atoms with van der Waals surface area (Å²) >= 11 is 3.17. The molecule has 2 rings (SSSR count). The number of aromatic nitrogens is 3. The quantitative estimate of drug-likeness (QED) is 0.711. The minimum atomic E-state index is -3.65. The number of halogens is 1. The lowest BCUT2D eigenvalue weighted by Gasteiger charge is -2.08. The number of sulfonamides is 1. The van der Waals surface area contributed by atoms with Crippen LogP contribution in [0.4, 0.5) is 5.69 Å². The van der Waals surface area contributed by atoms with E-state index in [1.165, 1.54) is 12.4 Å². The van der Waals surface area contributed by atoms with Crippen LogP contribution in [0.3, 0.4) is 0 Å². The van der Waals surface area contributed by atoms with Crippen LogP contribution in [0.2, 0.25) is 0 Å². The number of benzene rings is 1. The van der Waals surface area contributed by atoms with Crippen molar-refractivity contribution in [3.63, 3.8) is 0 Å². The second-order valence-corrected chi connectivity index (χ2v) is 6.04. The van der Waals surface area contributed by atoms with Gasteiger partial charge in [-0.05, 0) is 34.1 Å². The zero-order valence-electron chi connectivity index (χ0n) is 9.09. The number of anilines is 1. The third kappa shape index (κ3) is 2.86. The SMILES string of the molecule is Nc1ccc(Br)c(S(=O)(=O)NCc2ncn[nH]2)c1. The Kier molecular flexibility index (Phi) is 3.64. The number of nitrogens with two attached hydrogens (primary N) is 1. The molecule has 0 spiro atoms. The normalized spacial score (nSPS) is 11.6. The van der Waals surface area contributed by atoms with E-state index in [2.05, 4.69) is 35.8 Å². The standard InChI is InChI=1S/C9H10BrN5O2S/c10-7-2-1-6(11)3-8(7)18(16,17)14-4-9-12-5-13-15-9/h1-3,5,14H,4,11H2,(H,12,13,15). The predicted octanol–water partition coefficient (Wildman–Crippen LogP) is 0.628. The largest absolute Gasteiger partial charge is 0.399 e. The van der Waals surface area contributed by atoms with Crippen molar-refractivity contribution in [3.8, 4) is 0 Å². The fourth-order valence-corrected chi connectivity index (χ4v) is 3.27. The average molecular weight is 332 g/mol. The summed E-state index contributed by atoms with van der Waals surface area (Å²) < 4.78 is 26.9. The van der Waals surface area contributed by atoms with Gasteiger partial charge in [0.1, 0.15) is 12.2 Å². The number of aromatic amines is 1. The summed E-state index contributed by atoms with van der Waals surface area (Å²) in [6.07, 6.45) is 1.31. The Bertz CT molecular complexity index is 641. The van der Waals surface area contributed by atoms with Gasteiger partial charge < -0.3 is 5.73 Å². The fraction of sp³-hybridized carbons (Fsp3) is 0.111. The molecule has 1 heterocycles. The number of hydrogen-bond donors (Lipinski definition) is 3. The summed E-state index contributed by atoms with van der Waals surface area (Å²) in [5.41, 5.74) is 5.95. The molecule has 0 unspecified atom stereocenters. The van der Waals surface area contributed by atoms with Crippen molar-refractivity contribution in [2.45, 2.75) is 11.4 Å². The van der Waals surface area contributed by atoms with Crippen molar-refractivity contribution in [1.82, 2.24) is 19.9 Å². The van der Waals surface area contributed by atoms with Gasteiger partial charge in [-0.2, -0.15) is 5.10 Å². The van der Waals surface area contributed by atoms with Crippen LogP contribution in [0.5, 0.6) is 0 Å². The molecular formula is C9H10BrN5O2S. The zero-order valence-corrected chi connectivity index (χ0v) is 11.5. The number of nitrogen functional groups attached to an aromatic ring is 1. The minimum Gasteiger partial charge on any atom is -0.399 e. The second kappa shape index (κ2) is 5.04. The molecule has 0 saturated carbocycles. The van der Waals surface area contributed by atoms with Gasteiger partial charge in [0.2, 0.25) is 10.0 Å². The third-order valence-electron chi connectivity index (χ3n) is 2.14. The van der Waals surface area contributed by atoms with Crippen molar-refractivity contribution in [1.29, 1.82) is 0 Å². The Labute approximate surface area is 112 Å². The second-order valence-electron chi connectivity index (χ2n) is 3.45. The van der Waals surface area contributed by atoms with Crippen LogP contribution in [-0.2, 0) is 16.6 Å². The number of nitrogens with one attached hydrogen (secondary N) is 2. The van der Waals surface area contributed by atoms with Crippen LogP contribution >= 0.6 is 15.9 Å². The molecule has 96 valence electrons. The van der Waals surface area contributed by atoms with Crippen LogP contribution in [0.15, 0.2) is 33.9 Å². The van der Waals surface area contributed by atoms with Gasteiger partial charge in [0.05, 0.1) is 11.4 Å². The van der Waals surface area contributed by atoms with Crippen molar-refractivity contribution in [2.24, 2.45) is 0 Å². The first-order valence-corrected chi connectivity index (χ1v) is 7.15. The Hall–Kier alpha value is -1.45. The molecule has 0 bridgehead atoms. The lowest BCUT2D eigenvalue weighted by atomic mass is 10.3. The van der Waals surface area contributed by atoms with E-state index in [4.69, 9.17) is 5.73 Å². The van der Waals surface area contributed by atoms with Gasteiger partial charge in [-0.3, -0.25) is 5.10 Å². The Balaban J connectivity index is 2.22. The minimum absolute atomic E-state index is 0.0313. The number of nitrogens with zero attached hydrogens (tertiary/aromatic N) is 2. The molecule has 2 aromatic rings. The maximum Gasteiger partial charge on any atom is 0.242 e. The van der Waals surface area contributed by atoms with Gasteiger partial charge in [-0.25, -0.2) is 18.1 Å². The van der Waals surface area contributed by atoms with Crippen LogP contribution in [-0.4, -0.2) is 23.6 Å². The van der Waals surface area contributed by atoms with E-state index in [9.17, 15) is 8.42 Å². The third-order valence-corrected chi connectivity index (χ3v) is 4.53. The van der Waals surface area contributed by atoms with Crippen LogP contribution in [0.1, 0.15) is 5.82 Å². The molecule has 0 fully saturated rings. The monoisotopic (exact) mass is 331 g/mol. The highest BCUT2D eigenvalue weighted by atomic mass is 79.9. The fourth-order valence-electron chi connectivity index (χ4n) is 1.28. The first-order chi connectivity index (χ1) is 8.49. The molecule has 4 N–H and O–H groups in total. The van der Waals surface area contributed by atoms with Gasteiger partial charge in [0, 0.05) is 10.2 Å². The number of hydrogen-bond acceptors (Lipinski definition) is 5. The number of rotatable bonds is 4. The van der Waals surface area contributed by atoms with Gasteiger partial charge >= 0.3 is 0 Å². The van der Waals surface area contributed by atoms with Crippen molar-refractivity contribution in [3.05, 3.63) is 34.8 Å². The van der Waals surface area contributed by atoms with Gasteiger partial charge in [-0.1, -0.05) is 0 Å². The van der Waals surface area contributed by atoms with E-state index in [1.54, 1.807) is 12.1 Å². The maximum atomic E-state index is 12.0. The summed E-state index contributed by atoms with van der Waals surface area (Å²) in [5.74, 6) is 0.429. The van der Waals surface area contributed by atoms with Gasteiger partial charge in [0.15, 0.2) is 0 Å². The molecular weight excluding hydrogens is 322 g/mol. The highest BCUT2D eigenvalue weighted by Gasteiger charge is 2.18. The van der Waals surface area contributed by atoms with E-state index in [1.807, 2.05) is 0 Å². The van der Waals surface area contributed by atoms with Crippen LogP contribution < -0.4 is 10.5 Å². The van der Waals surface area contributed by atoms with Crippen LogP contribution in [0, 0.1) is 0 Å². The van der Waals surface area contributed by atoms with E-state index in [0.29, 0.717) is 16.0 Å². The number of H-pyrrole nitrogens is 1. The molecule has 0 amide bonds. The van der Waals surface area contributed by atoms with E-state index in [-0.39, 0.29) is 11.4 Å². The molecule has 0 aliphatic rings. The molecule has 0 aliphatic heterocycles. The van der Waals surface area contributed by atoms with Crippen LogP contribution in [0.25, 0.3) is 0 Å². The molecule has 1 aromatic carbocycles. The topological polar surface area (TPSA) is 114 Å². The lowest BCUT2D eigenvalue weighted by Crippen LogP contribution is -2.24. The highest BCUT2D eigenvalue weighted by molar-refractivity contribution is 9.10. The Morgan fingerprint density at radius 3 is 2.89 bits per heavy atom. The molecule has 9 heteroatoms. The molecule has 18 heavy (non-hydrogen) atoms. The lowest BCUT2D eigenvalue weighted by molar-refractivity contribution is 0.579. The summed E-state index contributed by atoms with van der Waals surface area (Å²) in [6, 6.07) is 4.57. The maximum absolute atomic E-state index is 12.0. The van der Waals surface area contributed by atoms with Gasteiger partial charge in [0.25, 0.3) is 0 Å². The molecule has 7 nitrogen and oxygen atoms in total. The Morgan fingerprint density at radius 2 is 2.22 bits per heavy atom. The van der Waals surface area contributed by atoms with E-state index in [0.717, 1.165) is 0 Å².